The highest BCUT2D eigenvalue weighted by Gasteiger charge is 2.56. The van der Waals surface area contributed by atoms with Crippen molar-refractivity contribution in [3.8, 4) is 22.9 Å². The van der Waals surface area contributed by atoms with Gasteiger partial charge in [-0.1, -0.05) is 18.2 Å². The number of aliphatic imine (C=N–C) groups is 1. The normalized spacial score (nSPS) is 25.9. The van der Waals surface area contributed by atoms with E-state index in [0.29, 0.717) is 16.9 Å². The molecule has 0 aromatic heterocycles. The van der Waals surface area contributed by atoms with Gasteiger partial charge in [0.2, 0.25) is 0 Å². The van der Waals surface area contributed by atoms with Crippen LogP contribution in [-0.4, -0.2) is 41.1 Å². The molecule has 0 aliphatic carbocycles. The number of benzene rings is 2. The van der Waals surface area contributed by atoms with E-state index in [0.717, 1.165) is 11.1 Å². The number of fused-ring (bicyclic) bond motifs is 2. The summed E-state index contributed by atoms with van der Waals surface area (Å²) < 4.78 is 6.03. The Hall–Kier alpha value is -3.37. The molecule has 4 rings (SSSR count). The molecule has 2 aliphatic rings. The molecular formula is C21H20N4O3. The molecular weight excluding hydrogens is 356 g/mol. The fourth-order valence-electron chi connectivity index (χ4n) is 3.91. The van der Waals surface area contributed by atoms with Crippen molar-refractivity contribution < 1.29 is 14.6 Å². The minimum absolute atomic E-state index is 0.134. The average Bonchev–Trinajstić information content (AvgIpc) is 2.91. The molecule has 2 aromatic carbocycles. The second-order valence-electron chi connectivity index (χ2n) is 7.48. The van der Waals surface area contributed by atoms with Crippen LogP contribution in [0.2, 0.25) is 0 Å². The molecule has 7 nitrogen and oxygen atoms in total. The number of rotatable bonds is 2. The van der Waals surface area contributed by atoms with Crippen molar-refractivity contribution in [2.24, 2.45) is 10.7 Å². The van der Waals surface area contributed by atoms with Crippen LogP contribution in [0.5, 0.6) is 5.75 Å². The van der Waals surface area contributed by atoms with Crippen molar-refractivity contribution in [2.75, 3.05) is 13.7 Å². The Balaban J connectivity index is 1.92. The summed E-state index contributed by atoms with van der Waals surface area (Å²) in [5, 5.41) is 19.0. The number of ether oxygens (including phenoxy) is 1. The summed E-state index contributed by atoms with van der Waals surface area (Å²) in [7, 11) is 1.58. The van der Waals surface area contributed by atoms with Crippen LogP contribution in [0, 0.1) is 11.3 Å². The van der Waals surface area contributed by atoms with E-state index < -0.39 is 11.1 Å². The van der Waals surface area contributed by atoms with Crippen LogP contribution in [-0.2, 0) is 10.3 Å². The molecule has 2 unspecified atom stereocenters. The second-order valence-corrected chi connectivity index (χ2v) is 7.48. The maximum atomic E-state index is 13.2. The van der Waals surface area contributed by atoms with Gasteiger partial charge < -0.3 is 15.6 Å². The van der Waals surface area contributed by atoms with Crippen molar-refractivity contribution in [1.29, 1.82) is 5.26 Å². The van der Waals surface area contributed by atoms with E-state index in [4.69, 9.17) is 10.5 Å². The van der Waals surface area contributed by atoms with Crippen LogP contribution in [0.25, 0.3) is 11.1 Å². The first kappa shape index (κ1) is 18.0. The summed E-state index contributed by atoms with van der Waals surface area (Å²) in [6.45, 7) is 1.49. The van der Waals surface area contributed by atoms with Crippen molar-refractivity contribution in [3.63, 3.8) is 0 Å². The Morgan fingerprint density at radius 1 is 1.32 bits per heavy atom. The molecule has 0 saturated carbocycles. The number of hydrogen-bond donors (Lipinski definition) is 2. The van der Waals surface area contributed by atoms with Gasteiger partial charge in [-0.2, -0.15) is 5.26 Å². The van der Waals surface area contributed by atoms with Gasteiger partial charge in [0, 0.05) is 19.0 Å². The van der Waals surface area contributed by atoms with Crippen molar-refractivity contribution >= 4 is 11.9 Å². The zero-order valence-electron chi connectivity index (χ0n) is 15.6. The number of carbonyl (C=O) groups is 1. The van der Waals surface area contributed by atoms with Gasteiger partial charge in [0.05, 0.1) is 18.2 Å². The molecule has 28 heavy (non-hydrogen) atoms. The zero-order chi connectivity index (χ0) is 20.1. The lowest BCUT2D eigenvalue weighted by Gasteiger charge is -2.42. The summed E-state index contributed by atoms with van der Waals surface area (Å²) in [5.41, 5.74) is 6.60. The number of aliphatic hydroxyl groups is 1. The Labute approximate surface area is 162 Å². The number of amides is 1. The number of aliphatic hydroxyl groups excluding tert-OH is 1. The number of nitrogens with two attached hydrogens (primary N) is 1. The fourth-order valence-corrected chi connectivity index (χ4v) is 3.91. The first-order valence-electron chi connectivity index (χ1n) is 8.90. The van der Waals surface area contributed by atoms with Gasteiger partial charge in [0.15, 0.2) is 11.5 Å². The van der Waals surface area contributed by atoms with Gasteiger partial charge in [-0.15, -0.1) is 0 Å². The molecule has 2 aromatic rings. The number of hydrogen-bond acceptors (Lipinski definition) is 6. The van der Waals surface area contributed by atoms with E-state index in [1.54, 1.807) is 32.2 Å². The third-order valence-corrected chi connectivity index (χ3v) is 5.38. The number of likely N-dealkylation sites (N-methyl/N-ethyl adjacent to an activating group) is 1. The number of nitriles is 1. The number of carbonyl (C=O) groups excluding carboxylic acids is 1. The van der Waals surface area contributed by atoms with Gasteiger partial charge in [0.1, 0.15) is 11.4 Å². The molecule has 0 bridgehead atoms. The number of guanidine groups is 1. The minimum atomic E-state index is -1.24. The maximum Gasteiger partial charge on any atom is 0.261 e. The lowest BCUT2D eigenvalue weighted by molar-refractivity contribution is -0.134. The molecule has 7 heteroatoms. The third-order valence-electron chi connectivity index (χ3n) is 5.38. The first-order valence-corrected chi connectivity index (χ1v) is 8.90. The zero-order valence-corrected chi connectivity index (χ0v) is 15.6. The highest BCUT2D eigenvalue weighted by atomic mass is 16.5. The standard InChI is InChI=1S/C21H20N4O3/c1-20(12-26)11-21(18(27)25(2)19(23)24-21)16-9-15(6-7-17(16)28-20)14-5-3-4-13(8-14)10-22/h3-9,26H,11-12H2,1-2H3,(H2,23,24). The van der Waals surface area contributed by atoms with Crippen LogP contribution in [0.3, 0.4) is 0 Å². The smallest absolute Gasteiger partial charge is 0.261 e. The third kappa shape index (κ3) is 2.53. The van der Waals surface area contributed by atoms with Crippen LogP contribution < -0.4 is 10.5 Å². The SMILES string of the molecule is CN1C(=O)C2(CC(C)(CO)Oc3ccc(-c4cccc(C#N)c4)cc32)N=C1N. The van der Waals surface area contributed by atoms with Gasteiger partial charge >= 0.3 is 0 Å². The monoisotopic (exact) mass is 376 g/mol. The fraction of sp³-hybridized carbons (Fsp3) is 0.286. The summed E-state index contributed by atoms with van der Waals surface area (Å²) in [6, 6.07) is 14.9. The molecule has 3 N–H and O–H groups in total. The summed E-state index contributed by atoms with van der Waals surface area (Å²) in [5.74, 6) is 0.371. The van der Waals surface area contributed by atoms with Crippen molar-refractivity contribution in [3.05, 3.63) is 53.6 Å². The lowest BCUT2D eigenvalue weighted by Crippen LogP contribution is -2.52. The van der Waals surface area contributed by atoms with Crippen molar-refractivity contribution in [2.45, 2.75) is 24.5 Å². The molecule has 0 fully saturated rings. The van der Waals surface area contributed by atoms with E-state index in [9.17, 15) is 15.2 Å². The first-order chi connectivity index (χ1) is 13.3. The van der Waals surface area contributed by atoms with E-state index in [-0.39, 0.29) is 24.9 Å². The van der Waals surface area contributed by atoms with E-state index in [1.165, 1.54) is 4.90 Å². The minimum Gasteiger partial charge on any atom is -0.485 e. The van der Waals surface area contributed by atoms with Crippen LogP contribution in [0.4, 0.5) is 0 Å². The molecule has 2 atom stereocenters. The Morgan fingerprint density at radius 2 is 2.07 bits per heavy atom. The molecule has 0 saturated heterocycles. The summed E-state index contributed by atoms with van der Waals surface area (Å²) in [4.78, 5) is 19.0. The van der Waals surface area contributed by atoms with Crippen molar-refractivity contribution in [1.82, 2.24) is 4.90 Å². The quantitative estimate of drug-likeness (QED) is 0.829. The van der Waals surface area contributed by atoms with Gasteiger partial charge in [0.25, 0.3) is 5.91 Å². The molecule has 2 heterocycles. The van der Waals surface area contributed by atoms with Gasteiger partial charge in [-0.05, 0) is 42.3 Å². The lowest BCUT2D eigenvalue weighted by atomic mass is 9.76. The molecule has 2 aliphatic heterocycles. The molecule has 142 valence electrons. The molecule has 1 spiro atoms. The Bertz CT molecular complexity index is 1060. The van der Waals surface area contributed by atoms with Gasteiger partial charge in [-0.3, -0.25) is 9.69 Å². The molecule has 1 amide bonds. The number of nitrogens with zero attached hydrogens (tertiary/aromatic N) is 3. The van der Waals surface area contributed by atoms with E-state index in [1.807, 2.05) is 24.3 Å². The van der Waals surface area contributed by atoms with Crippen LogP contribution in [0.1, 0.15) is 24.5 Å². The van der Waals surface area contributed by atoms with Crippen LogP contribution in [0.15, 0.2) is 47.5 Å². The highest BCUT2D eigenvalue weighted by molar-refractivity contribution is 6.07. The maximum absolute atomic E-state index is 13.2. The van der Waals surface area contributed by atoms with Crippen LogP contribution >= 0.6 is 0 Å². The second kappa shape index (κ2) is 6.08. The molecule has 0 radical (unpaired) electrons. The summed E-state index contributed by atoms with van der Waals surface area (Å²) >= 11 is 0. The average molecular weight is 376 g/mol. The Kier molecular flexibility index (Phi) is 3.91. The Morgan fingerprint density at radius 3 is 2.71 bits per heavy atom. The largest absolute Gasteiger partial charge is 0.485 e. The van der Waals surface area contributed by atoms with E-state index in [2.05, 4.69) is 11.1 Å². The topological polar surface area (TPSA) is 112 Å². The predicted octanol–water partition coefficient (Wildman–Crippen LogP) is 1.74. The van der Waals surface area contributed by atoms with E-state index >= 15 is 0 Å². The summed E-state index contributed by atoms with van der Waals surface area (Å²) in [6.07, 6.45) is 0.176. The predicted molar refractivity (Wildman–Crippen MR) is 103 cm³/mol. The van der Waals surface area contributed by atoms with Gasteiger partial charge in [-0.25, -0.2) is 4.99 Å². The highest BCUT2D eigenvalue weighted by Crippen LogP contribution is 2.49.